The molecule has 1 aromatic carbocycles. The summed E-state index contributed by atoms with van der Waals surface area (Å²) in [5.74, 6) is -0.490. The molecular weight excluding hydrogens is 314 g/mol. The van der Waals surface area contributed by atoms with E-state index in [-0.39, 0.29) is 11.9 Å². The van der Waals surface area contributed by atoms with E-state index in [9.17, 15) is 13.8 Å². The molecule has 1 aliphatic heterocycles. The van der Waals surface area contributed by atoms with E-state index in [1.807, 2.05) is 39.8 Å². The smallest absolute Gasteiger partial charge is 0.322 e. The van der Waals surface area contributed by atoms with Crippen LogP contribution in [0.5, 0.6) is 0 Å². The number of hydrogen-bond acceptors (Lipinski definition) is 4. The zero-order chi connectivity index (χ0) is 17.2. The van der Waals surface area contributed by atoms with E-state index in [1.165, 1.54) is 0 Å². The largest absolute Gasteiger partial charge is 0.465 e. The van der Waals surface area contributed by atoms with Crippen molar-refractivity contribution >= 4 is 22.7 Å². The van der Waals surface area contributed by atoms with Crippen LogP contribution in [0.2, 0.25) is 0 Å². The first kappa shape index (κ1) is 17.7. The molecule has 1 heterocycles. The van der Waals surface area contributed by atoms with Gasteiger partial charge in [0.2, 0.25) is 5.91 Å². The van der Waals surface area contributed by atoms with Crippen molar-refractivity contribution in [3.05, 3.63) is 29.8 Å². The molecule has 1 unspecified atom stereocenters. The first-order valence-corrected chi connectivity index (χ1v) is 8.90. The minimum atomic E-state index is -1.48. The van der Waals surface area contributed by atoms with Crippen LogP contribution in [0.4, 0.5) is 0 Å². The lowest BCUT2D eigenvalue weighted by Gasteiger charge is -2.23. The Labute approximate surface area is 139 Å². The molecule has 126 valence electrons. The van der Waals surface area contributed by atoms with Crippen LogP contribution in [-0.2, 0) is 25.1 Å². The molecule has 6 heteroatoms. The summed E-state index contributed by atoms with van der Waals surface area (Å²) in [6, 6.07) is 6.91. The van der Waals surface area contributed by atoms with Gasteiger partial charge < -0.3 is 10.1 Å². The molecule has 0 radical (unpaired) electrons. The monoisotopic (exact) mass is 337 g/mol. The van der Waals surface area contributed by atoms with Crippen LogP contribution in [-0.4, -0.2) is 27.9 Å². The summed E-state index contributed by atoms with van der Waals surface area (Å²) in [6.07, 6.45) is 0.461. The van der Waals surface area contributed by atoms with E-state index < -0.39 is 27.4 Å². The third kappa shape index (κ3) is 3.99. The summed E-state index contributed by atoms with van der Waals surface area (Å²) in [6.45, 7) is 7.69. The van der Waals surface area contributed by atoms with Crippen molar-refractivity contribution in [2.45, 2.75) is 50.3 Å². The zero-order valence-corrected chi connectivity index (χ0v) is 14.7. The second-order valence-corrected chi connectivity index (χ2v) is 8.33. The number of hydrogen-bond donors (Lipinski definition) is 1. The molecule has 1 aliphatic rings. The quantitative estimate of drug-likeness (QED) is 0.856. The van der Waals surface area contributed by atoms with Crippen LogP contribution < -0.4 is 5.32 Å². The number of carbonyl (C=O) groups excluding carboxylic acids is 2. The minimum Gasteiger partial charge on any atom is -0.465 e. The topological polar surface area (TPSA) is 72.5 Å². The van der Waals surface area contributed by atoms with Crippen LogP contribution in [0.1, 0.15) is 45.7 Å². The van der Waals surface area contributed by atoms with Gasteiger partial charge in [-0.3, -0.25) is 13.8 Å². The standard InChI is InChI=1S/C17H23NO4S/c1-11(18-16(20)17(2,3)4)12-7-5-6-8-13(12)23(21)14-9-10-22-15(14)19/h5-8,11,14H,9-10H2,1-4H3,(H,18,20)/t11-,14?,23-/m1/s1. The summed E-state index contributed by atoms with van der Waals surface area (Å²) >= 11 is 0. The number of nitrogens with one attached hydrogen (secondary N) is 1. The Hall–Kier alpha value is -1.69. The van der Waals surface area contributed by atoms with Gasteiger partial charge in [0.15, 0.2) is 0 Å². The summed E-state index contributed by atoms with van der Waals surface area (Å²) in [7, 11) is -1.48. The highest BCUT2D eigenvalue weighted by molar-refractivity contribution is 7.86. The van der Waals surface area contributed by atoms with Crippen molar-refractivity contribution in [2.75, 3.05) is 6.61 Å². The first-order valence-electron chi connectivity index (χ1n) is 7.69. The second-order valence-electron chi connectivity index (χ2n) is 6.73. The van der Waals surface area contributed by atoms with Crippen molar-refractivity contribution in [3.63, 3.8) is 0 Å². The lowest BCUT2D eigenvalue weighted by atomic mass is 9.94. The van der Waals surface area contributed by atoms with Crippen LogP contribution >= 0.6 is 0 Å². The average Bonchev–Trinajstić information content (AvgIpc) is 2.91. The highest BCUT2D eigenvalue weighted by atomic mass is 32.2. The van der Waals surface area contributed by atoms with Crippen molar-refractivity contribution in [2.24, 2.45) is 5.41 Å². The van der Waals surface area contributed by atoms with Crippen LogP contribution in [0.25, 0.3) is 0 Å². The maximum absolute atomic E-state index is 12.8. The number of amides is 1. The number of ether oxygens (including phenoxy) is 1. The van der Waals surface area contributed by atoms with E-state index >= 15 is 0 Å². The fourth-order valence-corrected chi connectivity index (χ4v) is 3.89. The van der Waals surface area contributed by atoms with Gasteiger partial charge in [0.1, 0.15) is 5.25 Å². The Morgan fingerprint density at radius 1 is 1.35 bits per heavy atom. The molecule has 0 spiro atoms. The van der Waals surface area contributed by atoms with Gasteiger partial charge in [-0.1, -0.05) is 39.0 Å². The predicted molar refractivity (Wildman–Crippen MR) is 88.2 cm³/mol. The maximum atomic E-state index is 12.8. The molecule has 0 bridgehead atoms. The van der Waals surface area contributed by atoms with Crippen molar-refractivity contribution < 1.29 is 18.5 Å². The predicted octanol–water partition coefficient (Wildman–Crippen LogP) is 2.33. The number of rotatable bonds is 4. The third-order valence-corrected chi connectivity index (χ3v) is 5.53. The maximum Gasteiger partial charge on any atom is 0.322 e. The first-order chi connectivity index (χ1) is 10.7. The molecule has 1 saturated heterocycles. The number of esters is 1. The van der Waals surface area contributed by atoms with Gasteiger partial charge >= 0.3 is 5.97 Å². The van der Waals surface area contributed by atoms with Gasteiger partial charge in [0.05, 0.1) is 23.4 Å². The molecule has 23 heavy (non-hydrogen) atoms. The normalized spacial score (nSPS) is 20.7. The number of benzene rings is 1. The summed E-state index contributed by atoms with van der Waals surface area (Å²) < 4.78 is 17.7. The Balaban J connectivity index is 2.25. The zero-order valence-electron chi connectivity index (χ0n) is 13.9. The SMILES string of the molecule is C[C@@H](NC(=O)C(C)(C)C)c1ccccc1[S@@](=O)C1CCOC1=O. The molecular formula is C17H23NO4S. The Kier molecular flexibility index (Phi) is 5.24. The van der Waals surface area contributed by atoms with Crippen molar-refractivity contribution in [3.8, 4) is 0 Å². The summed E-state index contributed by atoms with van der Waals surface area (Å²) in [5, 5.41) is 2.32. The van der Waals surface area contributed by atoms with Gasteiger partial charge in [-0.2, -0.15) is 0 Å². The minimum absolute atomic E-state index is 0.0779. The number of carbonyl (C=O) groups is 2. The van der Waals surface area contributed by atoms with E-state index in [4.69, 9.17) is 4.74 Å². The van der Waals surface area contributed by atoms with E-state index in [2.05, 4.69) is 5.32 Å². The Bertz CT molecular complexity index is 636. The Morgan fingerprint density at radius 2 is 2.00 bits per heavy atom. The number of cyclic esters (lactones) is 1. The average molecular weight is 337 g/mol. The van der Waals surface area contributed by atoms with E-state index in [1.54, 1.807) is 12.1 Å². The van der Waals surface area contributed by atoms with E-state index in [0.717, 1.165) is 5.56 Å². The fraction of sp³-hybridized carbons (Fsp3) is 0.529. The van der Waals surface area contributed by atoms with Gasteiger partial charge in [-0.15, -0.1) is 0 Å². The molecule has 3 atom stereocenters. The molecule has 1 aromatic rings. The molecule has 0 aromatic heterocycles. The highest BCUT2D eigenvalue weighted by Crippen LogP contribution is 2.27. The van der Waals surface area contributed by atoms with Gasteiger partial charge in [-0.25, -0.2) is 0 Å². The molecule has 2 rings (SSSR count). The fourth-order valence-electron chi connectivity index (χ4n) is 2.34. The van der Waals surface area contributed by atoms with Crippen LogP contribution in [0.15, 0.2) is 29.2 Å². The molecule has 5 nitrogen and oxygen atoms in total. The molecule has 1 N–H and O–H groups in total. The van der Waals surface area contributed by atoms with Gasteiger partial charge in [0.25, 0.3) is 0 Å². The van der Waals surface area contributed by atoms with Gasteiger partial charge in [-0.05, 0) is 18.6 Å². The van der Waals surface area contributed by atoms with Crippen molar-refractivity contribution in [1.29, 1.82) is 0 Å². The lowest BCUT2D eigenvalue weighted by Crippen LogP contribution is -2.37. The lowest BCUT2D eigenvalue weighted by molar-refractivity contribution is -0.137. The molecule has 1 fully saturated rings. The Morgan fingerprint density at radius 3 is 2.57 bits per heavy atom. The molecule has 0 saturated carbocycles. The summed E-state index contributed by atoms with van der Waals surface area (Å²) in [4.78, 5) is 24.5. The summed E-state index contributed by atoms with van der Waals surface area (Å²) in [5.41, 5.74) is 0.264. The molecule has 1 amide bonds. The molecule has 0 aliphatic carbocycles. The second kappa shape index (κ2) is 6.83. The van der Waals surface area contributed by atoms with Crippen molar-refractivity contribution in [1.82, 2.24) is 5.32 Å². The van der Waals surface area contributed by atoms with Crippen LogP contribution in [0.3, 0.4) is 0 Å². The third-order valence-electron chi connectivity index (χ3n) is 3.78. The van der Waals surface area contributed by atoms with Crippen LogP contribution in [0, 0.1) is 5.41 Å². The van der Waals surface area contributed by atoms with Gasteiger partial charge in [0, 0.05) is 16.7 Å². The highest BCUT2D eigenvalue weighted by Gasteiger charge is 2.34. The van der Waals surface area contributed by atoms with E-state index in [0.29, 0.717) is 17.9 Å².